The Hall–Kier alpha value is -4.54. The van der Waals surface area contributed by atoms with Crippen LogP contribution in [0.5, 0.6) is 0 Å². The molecule has 0 saturated carbocycles. The van der Waals surface area contributed by atoms with Gasteiger partial charge in [-0.2, -0.15) is 0 Å². The van der Waals surface area contributed by atoms with Gasteiger partial charge in [0.05, 0.1) is 48.6 Å². The summed E-state index contributed by atoms with van der Waals surface area (Å²) in [7, 11) is 2.13. The van der Waals surface area contributed by atoms with E-state index in [1.807, 2.05) is 12.3 Å². The molecule has 57 heavy (non-hydrogen) atoms. The lowest BCUT2D eigenvalue weighted by atomic mass is 10.1. The van der Waals surface area contributed by atoms with E-state index in [9.17, 15) is 0 Å². The number of imidazole rings is 1. The lowest BCUT2D eigenvalue weighted by Gasteiger charge is -2.30. The largest absolute Gasteiger partial charge is 0.385 e. The number of nitrogens with zero attached hydrogens (tertiary/aromatic N) is 3. The van der Waals surface area contributed by atoms with Gasteiger partial charge in [-0.15, -0.1) is 6.58 Å². The van der Waals surface area contributed by atoms with Crippen molar-refractivity contribution in [2.24, 2.45) is 0 Å². The van der Waals surface area contributed by atoms with Crippen LogP contribution < -0.4 is 26.6 Å². The number of rotatable bonds is 19. The maximum atomic E-state index is 4.62. The molecule has 3 aromatic rings. The minimum absolute atomic E-state index is 0.111. The average molecular weight is 798 g/mol. The molecule has 0 spiro atoms. The zero-order chi connectivity index (χ0) is 42.2. The van der Waals surface area contributed by atoms with Gasteiger partial charge in [0.25, 0.3) is 0 Å². The van der Waals surface area contributed by atoms with Gasteiger partial charge in [-0.3, -0.25) is 4.90 Å². The number of H-pyrrole nitrogens is 1. The van der Waals surface area contributed by atoms with Gasteiger partial charge in [-0.1, -0.05) is 118 Å². The van der Waals surface area contributed by atoms with E-state index in [0.717, 1.165) is 122 Å². The van der Waals surface area contributed by atoms with E-state index in [1.165, 1.54) is 22.6 Å². The lowest BCUT2D eigenvalue weighted by molar-refractivity contribution is 0.297. The van der Waals surface area contributed by atoms with E-state index in [4.69, 9.17) is 0 Å². The van der Waals surface area contributed by atoms with Crippen molar-refractivity contribution in [1.82, 2.24) is 41.0 Å². The summed E-state index contributed by atoms with van der Waals surface area (Å²) in [6, 6.07) is 13.2. The average Bonchev–Trinajstić information content (AvgIpc) is 3.88. The van der Waals surface area contributed by atoms with Crippen LogP contribution in [0.1, 0.15) is 105 Å². The number of aromatic nitrogens is 2. The fourth-order valence-corrected chi connectivity index (χ4v) is 6.73. The van der Waals surface area contributed by atoms with Crippen molar-refractivity contribution in [3.63, 3.8) is 0 Å². The summed E-state index contributed by atoms with van der Waals surface area (Å²) in [6.45, 7) is 38.0. The molecule has 10 heteroatoms. The number of hydrogen-bond acceptors (Lipinski definition) is 9. The van der Waals surface area contributed by atoms with Gasteiger partial charge in [-0.05, 0) is 63.5 Å². The quantitative estimate of drug-likeness (QED) is 0.0519. The smallest absolute Gasteiger partial charge is 0.120 e. The normalized spacial score (nSPS) is 13.2. The maximum Gasteiger partial charge on any atom is 0.120 e. The van der Waals surface area contributed by atoms with Crippen LogP contribution in [0.2, 0.25) is 0 Å². The Bertz CT molecular complexity index is 1710. The molecular formula is C47H75N9S. The Labute approximate surface area is 351 Å². The minimum atomic E-state index is 0.111. The fraction of sp³-hybridized carbons (Fsp3) is 0.468. The summed E-state index contributed by atoms with van der Waals surface area (Å²) >= 11 is 1.80. The second-order valence-electron chi connectivity index (χ2n) is 14.4. The lowest BCUT2D eigenvalue weighted by Crippen LogP contribution is -2.44. The van der Waals surface area contributed by atoms with Crippen molar-refractivity contribution < 1.29 is 0 Å². The highest BCUT2D eigenvalue weighted by Crippen LogP contribution is 2.46. The molecule has 5 rings (SSSR count). The van der Waals surface area contributed by atoms with Crippen LogP contribution in [0.15, 0.2) is 108 Å². The van der Waals surface area contributed by atoms with Gasteiger partial charge >= 0.3 is 0 Å². The highest BCUT2D eigenvalue weighted by atomic mass is 32.2. The third-order valence-electron chi connectivity index (χ3n) is 8.72. The molecule has 6 N–H and O–H groups in total. The van der Waals surface area contributed by atoms with Gasteiger partial charge in [0.2, 0.25) is 0 Å². The topological polar surface area (TPSA) is 95.3 Å². The monoisotopic (exact) mass is 798 g/mol. The van der Waals surface area contributed by atoms with E-state index in [0.29, 0.717) is 0 Å². The molecule has 9 nitrogen and oxygen atoms in total. The molecule has 0 radical (unpaired) electrons. The fourth-order valence-electron chi connectivity index (χ4n) is 5.73. The van der Waals surface area contributed by atoms with E-state index in [1.54, 1.807) is 11.8 Å². The molecule has 0 aliphatic carbocycles. The van der Waals surface area contributed by atoms with Gasteiger partial charge in [-0.25, -0.2) is 4.98 Å². The second-order valence-corrected chi connectivity index (χ2v) is 15.5. The second kappa shape index (κ2) is 27.2. The number of hydrogen-bond donors (Lipinski definition) is 6. The summed E-state index contributed by atoms with van der Waals surface area (Å²) < 4.78 is 0. The molecule has 1 atom stereocenters. The summed E-state index contributed by atoms with van der Waals surface area (Å²) in [4.78, 5) is 15.2. The molecule has 0 amide bonds. The number of allylic oxidation sites excluding steroid dienone is 2. The third kappa shape index (κ3) is 16.8. The van der Waals surface area contributed by atoms with Gasteiger partial charge in [0.15, 0.2) is 0 Å². The maximum absolute atomic E-state index is 4.62. The van der Waals surface area contributed by atoms with Gasteiger partial charge in [0, 0.05) is 57.3 Å². The predicted octanol–water partition coefficient (Wildman–Crippen LogP) is 11.2. The number of aromatic amines is 1. The third-order valence-corrected chi connectivity index (χ3v) is 9.85. The van der Waals surface area contributed by atoms with Gasteiger partial charge < -0.3 is 36.5 Å². The number of nitrogens with one attached hydrogen (secondary N) is 6. The predicted molar refractivity (Wildman–Crippen MR) is 251 cm³/mol. The van der Waals surface area contributed by atoms with Crippen molar-refractivity contribution in [1.29, 1.82) is 0 Å². The van der Waals surface area contributed by atoms with Gasteiger partial charge in [0.1, 0.15) is 12.0 Å². The standard InChI is InChI=1S/C34H46N8S.C7H13N.2C3H8/c1-7-14-41(6)21-33-36-20-30(39-33)26-10-12-27-32(17-26)43-31-13-11-25(16-28(31)38-27)29-19-37-34(40-29)22-42(15-8-2)24(5)18-35-23(4)9-3;1-4-6-8-7(3)5-2;2*1-3-2/h10-13,16-17,19-20,34-35,37-38,40H,4-5,7-9,14-15,18,21-22H2,1-3,6H3,(H,36,39);4,8H,1,3,5-6H2,2H3;2*3H2,1-2H3. The molecule has 0 fully saturated rings. The van der Waals surface area contributed by atoms with Crippen LogP contribution in [-0.2, 0) is 6.54 Å². The molecular weight excluding hydrogens is 723 g/mol. The summed E-state index contributed by atoms with van der Waals surface area (Å²) in [5.74, 6) is 0.997. The van der Waals surface area contributed by atoms with Crippen molar-refractivity contribution in [3.8, 4) is 11.3 Å². The van der Waals surface area contributed by atoms with Crippen LogP contribution in [0.25, 0.3) is 17.0 Å². The molecule has 1 aromatic heterocycles. The molecule has 2 aliphatic rings. The molecule has 0 saturated heterocycles. The SMILES string of the molecule is C=C(CC)NCC(=C)N(CCC)CC1NC=C(c2ccc3c(c2)Nc2ccc(-c4cnc(CN(C)CCC)[nH]4)cc2S3)N1.C=CCNC(=C)CC.CCC.CCC. The number of benzene rings is 2. The van der Waals surface area contributed by atoms with E-state index < -0.39 is 0 Å². The van der Waals surface area contributed by atoms with Crippen molar-refractivity contribution in [2.45, 2.75) is 116 Å². The first-order chi connectivity index (χ1) is 27.5. The molecule has 2 aliphatic heterocycles. The number of anilines is 2. The first-order valence-electron chi connectivity index (χ1n) is 21.1. The van der Waals surface area contributed by atoms with E-state index in [2.05, 4.69) is 178 Å². The molecule has 2 aromatic carbocycles. The Morgan fingerprint density at radius 1 is 0.842 bits per heavy atom. The minimum Gasteiger partial charge on any atom is -0.385 e. The highest BCUT2D eigenvalue weighted by Gasteiger charge is 2.22. The Morgan fingerprint density at radius 3 is 2.16 bits per heavy atom. The summed E-state index contributed by atoms with van der Waals surface area (Å²) in [5, 5.41) is 17.3. The molecule has 314 valence electrons. The summed E-state index contributed by atoms with van der Waals surface area (Å²) in [6.07, 6.45) is 12.6. The Kier molecular flexibility index (Phi) is 23.2. The van der Waals surface area contributed by atoms with Crippen molar-refractivity contribution >= 4 is 28.8 Å². The van der Waals surface area contributed by atoms with E-state index >= 15 is 0 Å². The molecule has 1 unspecified atom stereocenters. The zero-order valence-electron chi connectivity index (χ0n) is 36.8. The van der Waals surface area contributed by atoms with Crippen LogP contribution in [0.4, 0.5) is 11.4 Å². The highest BCUT2D eigenvalue weighted by molar-refractivity contribution is 7.99. The van der Waals surface area contributed by atoms with Crippen LogP contribution in [-0.4, -0.2) is 65.7 Å². The molecule has 3 heterocycles. The zero-order valence-corrected chi connectivity index (χ0v) is 37.7. The number of fused-ring (bicyclic) bond motifs is 2. The Balaban J connectivity index is 0.000000691. The summed E-state index contributed by atoms with van der Waals surface area (Å²) in [5.41, 5.74) is 9.89. The van der Waals surface area contributed by atoms with Crippen LogP contribution in [0, 0.1) is 0 Å². The first-order valence-corrected chi connectivity index (χ1v) is 21.9. The van der Waals surface area contributed by atoms with Crippen LogP contribution >= 0.6 is 11.8 Å². The van der Waals surface area contributed by atoms with Crippen LogP contribution in [0.3, 0.4) is 0 Å². The first kappa shape index (κ1) is 48.6. The molecule has 0 bridgehead atoms. The van der Waals surface area contributed by atoms with E-state index in [-0.39, 0.29) is 6.17 Å². The Morgan fingerprint density at radius 2 is 1.51 bits per heavy atom. The van der Waals surface area contributed by atoms with Crippen molar-refractivity contribution in [2.75, 3.05) is 45.1 Å². The van der Waals surface area contributed by atoms with Crippen molar-refractivity contribution in [3.05, 3.63) is 110 Å².